The normalized spacial score (nSPS) is 11.5. The average Bonchev–Trinajstić information content (AvgIpc) is 2.78. The maximum absolute atomic E-state index is 12.9. The van der Waals surface area contributed by atoms with Gasteiger partial charge in [0.1, 0.15) is 12.3 Å². The molecule has 11 heteroatoms. The van der Waals surface area contributed by atoms with Gasteiger partial charge in [0.2, 0.25) is 0 Å². The fourth-order valence-electron chi connectivity index (χ4n) is 3.15. The Bertz CT molecular complexity index is 1250. The lowest BCUT2D eigenvalue weighted by Gasteiger charge is -2.15. The van der Waals surface area contributed by atoms with Crippen LogP contribution in [0, 0.1) is 17.0 Å². The van der Waals surface area contributed by atoms with Crippen molar-refractivity contribution in [2.75, 3.05) is 12.0 Å². The highest BCUT2D eigenvalue weighted by molar-refractivity contribution is 9.10. The summed E-state index contributed by atoms with van der Waals surface area (Å²) in [6, 6.07) is 13.5. The zero-order valence-electron chi connectivity index (χ0n) is 18.7. The SMILES string of the molecule is CCOc1cc(/C=N\Nc2ccc(C(F)(F)F)cc2[N+](=O)[O-])cc(Br)c1OCc1cccc(C)c1. The number of nitro benzene ring substituents is 1. The molecular formula is C24H21BrF3N3O4. The summed E-state index contributed by atoms with van der Waals surface area (Å²) in [6.07, 6.45) is -3.34. The Hall–Kier alpha value is -3.60. The number of ether oxygens (including phenoxy) is 2. The van der Waals surface area contributed by atoms with Gasteiger partial charge in [-0.1, -0.05) is 29.8 Å². The number of aryl methyl sites for hydroxylation is 1. The second kappa shape index (κ2) is 11.2. The Balaban J connectivity index is 1.80. The molecule has 0 saturated heterocycles. The van der Waals surface area contributed by atoms with Crippen LogP contribution in [0.3, 0.4) is 0 Å². The first kappa shape index (κ1) is 26.0. The molecule has 0 saturated carbocycles. The number of rotatable bonds is 9. The summed E-state index contributed by atoms with van der Waals surface area (Å²) < 4.78 is 50.9. The number of alkyl halides is 3. The molecule has 35 heavy (non-hydrogen) atoms. The standard InChI is InChI=1S/C24H21BrF3N3O4/c1-3-34-22-11-17(10-19(25)23(22)35-14-16-6-4-5-15(2)9-16)13-29-30-20-8-7-18(24(26,27)28)12-21(20)31(32)33/h4-13,30H,3,14H2,1-2H3/b29-13-. The summed E-state index contributed by atoms with van der Waals surface area (Å²) >= 11 is 3.47. The third kappa shape index (κ3) is 6.95. The van der Waals surface area contributed by atoms with Gasteiger partial charge in [-0.2, -0.15) is 18.3 Å². The third-order valence-corrected chi connectivity index (χ3v) is 5.31. The van der Waals surface area contributed by atoms with Gasteiger partial charge in [0.05, 0.1) is 27.8 Å². The summed E-state index contributed by atoms with van der Waals surface area (Å²) in [5.41, 5.74) is 3.06. The number of anilines is 1. The highest BCUT2D eigenvalue weighted by atomic mass is 79.9. The zero-order valence-corrected chi connectivity index (χ0v) is 20.3. The maximum Gasteiger partial charge on any atom is 0.416 e. The van der Waals surface area contributed by atoms with Crippen molar-refractivity contribution in [3.63, 3.8) is 0 Å². The molecule has 0 bridgehead atoms. The molecule has 3 rings (SSSR count). The van der Waals surface area contributed by atoms with Gasteiger partial charge in [0.15, 0.2) is 11.5 Å². The minimum atomic E-state index is -4.70. The van der Waals surface area contributed by atoms with Crippen LogP contribution in [0.25, 0.3) is 0 Å². The van der Waals surface area contributed by atoms with E-state index in [1.807, 2.05) is 38.1 Å². The van der Waals surface area contributed by atoms with E-state index in [-0.39, 0.29) is 5.69 Å². The molecule has 0 unspecified atom stereocenters. The van der Waals surface area contributed by atoms with Crippen LogP contribution in [0.5, 0.6) is 11.5 Å². The van der Waals surface area contributed by atoms with Crippen molar-refractivity contribution >= 4 is 33.5 Å². The number of hydrogen-bond donors (Lipinski definition) is 1. The Morgan fingerprint density at radius 3 is 2.57 bits per heavy atom. The van der Waals surface area contributed by atoms with Crippen molar-refractivity contribution in [3.8, 4) is 11.5 Å². The van der Waals surface area contributed by atoms with Crippen LogP contribution < -0.4 is 14.9 Å². The van der Waals surface area contributed by atoms with Crippen molar-refractivity contribution in [3.05, 3.63) is 91.4 Å². The lowest BCUT2D eigenvalue weighted by atomic mass is 10.1. The van der Waals surface area contributed by atoms with Crippen LogP contribution >= 0.6 is 15.9 Å². The highest BCUT2D eigenvalue weighted by Crippen LogP contribution is 2.38. The van der Waals surface area contributed by atoms with Crippen molar-refractivity contribution in [2.24, 2.45) is 5.10 Å². The van der Waals surface area contributed by atoms with Gasteiger partial charge in [-0.15, -0.1) is 0 Å². The predicted octanol–water partition coefficient (Wildman–Crippen LogP) is 7.11. The Morgan fingerprint density at radius 2 is 1.91 bits per heavy atom. The molecule has 3 aromatic carbocycles. The molecule has 0 fully saturated rings. The van der Waals surface area contributed by atoms with E-state index in [1.165, 1.54) is 6.21 Å². The topological polar surface area (TPSA) is 86.0 Å². The van der Waals surface area contributed by atoms with Crippen LogP contribution in [0.15, 0.2) is 64.2 Å². The molecule has 0 aliphatic rings. The molecule has 0 heterocycles. The molecule has 0 aromatic heterocycles. The van der Waals surface area contributed by atoms with E-state index >= 15 is 0 Å². The highest BCUT2D eigenvalue weighted by Gasteiger charge is 2.33. The molecule has 184 valence electrons. The molecule has 3 aromatic rings. The van der Waals surface area contributed by atoms with E-state index in [2.05, 4.69) is 26.5 Å². The van der Waals surface area contributed by atoms with Gasteiger partial charge in [-0.3, -0.25) is 15.5 Å². The average molecular weight is 552 g/mol. The Morgan fingerprint density at radius 1 is 1.14 bits per heavy atom. The quantitative estimate of drug-likeness (QED) is 0.174. The van der Waals surface area contributed by atoms with Crippen LogP contribution in [0.2, 0.25) is 0 Å². The van der Waals surface area contributed by atoms with Crippen molar-refractivity contribution in [2.45, 2.75) is 26.6 Å². The van der Waals surface area contributed by atoms with Crippen LogP contribution in [0.4, 0.5) is 24.5 Å². The summed E-state index contributed by atoms with van der Waals surface area (Å²) in [6.45, 7) is 4.52. The summed E-state index contributed by atoms with van der Waals surface area (Å²) in [5.74, 6) is 0.952. The number of benzene rings is 3. The van der Waals surface area contributed by atoms with Crippen molar-refractivity contribution < 1.29 is 27.6 Å². The van der Waals surface area contributed by atoms with Gasteiger partial charge in [0, 0.05) is 6.07 Å². The Labute approximate surface area is 207 Å². The van der Waals surface area contributed by atoms with E-state index in [4.69, 9.17) is 9.47 Å². The first-order chi connectivity index (χ1) is 16.6. The predicted molar refractivity (Wildman–Crippen MR) is 130 cm³/mol. The van der Waals surface area contributed by atoms with Gasteiger partial charge >= 0.3 is 6.18 Å². The van der Waals surface area contributed by atoms with E-state index in [9.17, 15) is 23.3 Å². The number of nitro groups is 1. The maximum atomic E-state index is 12.9. The minimum absolute atomic E-state index is 0.179. The van der Waals surface area contributed by atoms with Gasteiger partial charge in [-0.25, -0.2) is 0 Å². The second-order valence-corrected chi connectivity index (χ2v) is 8.25. The number of nitrogens with zero attached hydrogens (tertiary/aromatic N) is 2. The molecule has 0 aliphatic carbocycles. The molecule has 0 radical (unpaired) electrons. The van der Waals surface area contributed by atoms with Gasteiger partial charge in [-0.05, 0) is 65.2 Å². The minimum Gasteiger partial charge on any atom is -0.490 e. The summed E-state index contributed by atoms with van der Waals surface area (Å²) in [4.78, 5) is 10.3. The fraction of sp³-hybridized carbons (Fsp3) is 0.208. The van der Waals surface area contributed by atoms with E-state index in [1.54, 1.807) is 12.1 Å². The fourth-order valence-corrected chi connectivity index (χ4v) is 3.73. The molecular weight excluding hydrogens is 531 g/mol. The molecule has 0 spiro atoms. The van der Waals surface area contributed by atoms with Crippen LogP contribution in [-0.4, -0.2) is 17.7 Å². The number of hydrazone groups is 1. The number of hydrogen-bond acceptors (Lipinski definition) is 6. The third-order valence-electron chi connectivity index (χ3n) is 4.72. The van der Waals surface area contributed by atoms with Crippen LogP contribution in [0.1, 0.15) is 29.2 Å². The summed E-state index contributed by atoms with van der Waals surface area (Å²) in [7, 11) is 0. The van der Waals surface area contributed by atoms with E-state index < -0.39 is 22.4 Å². The molecule has 7 nitrogen and oxygen atoms in total. The largest absolute Gasteiger partial charge is 0.490 e. The number of halogens is 4. The van der Waals surface area contributed by atoms with Crippen molar-refractivity contribution in [1.29, 1.82) is 0 Å². The Kier molecular flexibility index (Phi) is 8.34. The molecule has 0 amide bonds. The monoisotopic (exact) mass is 551 g/mol. The van der Waals surface area contributed by atoms with Gasteiger partial charge < -0.3 is 9.47 Å². The first-order valence-corrected chi connectivity index (χ1v) is 11.2. The number of nitrogens with one attached hydrogen (secondary N) is 1. The zero-order chi connectivity index (χ0) is 25.6. The molecule has 1 N–H and O–H groups in total. The van der Waals surface area contributed by atoms with Gasteiger partial charge in [0.25, 0.3) is 5.69 Å². The van der Waals surface area contributed by atoms with E-state index in [0.29, 0.717) is 40.8 Å². The first-order valence-electron chi connectivity index (χ1n) is 10.4. The van der Waals surface area contributed by atoms with E-state index in [0.717, 1.165) is 23.3 Å². The van der Waals surface area contributed by atoms with Crippen molar-refractivity contribution in [1.82, 2.24) is 0 Å². The smallest absolute Gasteiger partial charge is 0.416 e. The lowest BCUT2D eigenvalue weighted by Crippen LogP contribution is -2.06. The van der Waals surface area contributed by atoms with Crippen LogP contribution in [-0.2, 0) is 12.8 Å². The summed E-state index contributed by atoms with van der Waals surface area (Å²) in [5, 5.41) is 15.2. The second-order valence-electron chi connectivity index (χ2n) is 7.40. The molecule has 0 atom stereocenters. The lowest BCUT2D eigenvalue weighted by molar-refractivity contribution is -0.384. The molecule has 0 aliphatic heterocycles.